The van der Waals surface area contributed by atoms with Gasteiger partial charge in [-0.1, -0.05) is 0 Å². The van der Waals surface area contributed by atoms with E-state index in [1.165, 1.54) is 5.69 Å². The number of fused-ring (bicyclic) bond motifs is 1. The largest absolute Gasteiger partial charge is 0.497 e. The summed E-state index contributed by atoms with van der Waals surface area (Å²) in [5.74, 6) is 1.91. The quantitative estimate of drug-likeness (QED) is 0.658. The minimum atomic E-state index is 0.813. The topological polar surface area (TPSA) is 51.4 Å². The molecule has 1 aliphatic heterocycles. The SMILES string of the molecule is COc1ccc(-n2ccnc2CN2CCCn3nc(CN(C)C)cc3C2)cc1. The fourth-order valence-corrected chi connectivity index (χ4v) is 3.75. The van der Waals surface area contributed by atoms with Gasteiger partial charge in [-0.3, -0.25) is 9.58 Å². The van der Waals surface area contributed by atoms with Gasteiger partial charge in [0.05, 0.1) is 25.0 Å². The third kappa shape index (κ3) is 4.10. The van der Waals surface area contributed by atoms with Crippen molar-refractivity contribution in [1.29, 1.82) is 0 Å². The van der Waals surface area contributed by atoms with Crippen molar-refractivity contribution in [3.8, 4) is 11.4 Å². The van der Waals surface area contributed by atoms with Gasteiger partial charge >= 0.3 is 0 Å². The van der Waals surface area contributed by atoms with Gasteiger partial charge in [-0.25, -0.2) is 4.98 Å². The summed E-state index contributed by atoms with van der Waals surface area (Å²) in [7, 11) is 5.84. The summed E-state index contributed by atoms with van der Waals surface area (Å²) < 4.78 is 9.59. The van der Waals surface area contributed by atoms with Crippen molar-refractivity contribution >= 4 is 0 Å². The van der Waals surface area contributed by atoms with Crippen LogP contribution in [-0.4, -0.2) is 56.9 Å². The van der Waals surface area contributed by atoms with E-state index in [-0.39, 0.29) is 0 Å². The van der Waals surface area contributed by atoms with E-state index in [1.54, 1.807) is 7.11 Å². The van der Waals surface area contributed by atoms with Gasteiger partial charge in [-0.05, 0) is 50.8 Å². The van der Waals surface area contributed by atoms with Crippen LogP contribution in [0, 0.1) is 0 Å². The Morgan fingerprint density at radius 1 is 1.14 bits per heavy atom. The Balaban J connectivity index is 1.50. The molecule has 7 nitrogen and oxygen atoms in total. The summed E-state index contributed by atoms with van der Waals surface area (Å²) in [4.78, 5) is 9.24. The minimum Gasteiger partial charge on any atom is -0.497 e. The van der Waals surface area contributed by atoms with E-state index in [0.29, 0.717) is 0 Å². The number of hydrogen-bond acceptors (Lipinski definition) is 5. The molecule has 0 unspecified atom stereocenters. The second-order valence-corrected chi connectivity index (χ2v) is 7.56. The lowest BCUT2D eigenvalue weighted by Crippen LogP contribution is -2.24. The number of imidazole rings is 1. The molecule has 1 aromatic carbocycles. The third-order valence-corrected chi connectivity index (χ3v) is 5.06. The first-order valence-electron chi connectivity index (χ1n) is 9.72. The van der Waals surface area contributed by atoms with Gasteiger partial charge in [0.1, 0.15) is 11.6 Å². The molecule has 0 aliphatic carbocycles. The second kappa shape index (κ2) is 8.16. The maximum atomic E-state index is 5.27. The number of aromatic nitrogens is 4. The van der Waals surface area contributed by atoms with Gasteiger partial charge < -0.3 is 14.2 Å². The van der Waals surface area contributed by atoms with E-state index in [9.17, 15) is 0 Å². The Kier molecular flexibility index (Phi) is 5.45. The first-order chi connectivity index (χ1) is 13.6. The van der Waals surface area contributed by atoms with Crippen LogP contribution in [0.3, 0.4) is 0 Å². The Hall–Kier alpha value is -2.64. The van der Waals surface area contributed by atoms with Crippen LogP contribution >= 0.6 is 0 Å². The molecule has 0 saturated carbocycles. The first-order valence-corrected chi connectivity index (χ1v) is 9.72. The lowest BCUT2D eigenvalue weighted by Gasteiger charge is -2.20. The zero-order valence-electron chi connectivity index (χ0n) is 16.9. The predicted octanol–water partition coefficient (Wildman–Crippen LogP) is 2.54. The van der Waals surface area contributed by atoms with Crippen molar-refractivity contribution < 1.29 is 4.74 Å². The van der Waals surface area contributed by atoms with Crippen molar-refractivity contribution in [3.05, 3.63) is 59.9 Å². The Morgan fingerprint density at radius 2 is 1.96 bits per heavy atom. The molecule has 0 amide bonds. The molecule has 0 radical (unpaired) electrons. The zero-order chi connectivity index (χ0) is 19.5. The molecule has 2 aromatic heterocycles. The van der Waals surface area contributed by atoms with Crippen LogP contribution in [0.25, 0.3) is 5.69 Å². The van der Waals surface area contributed by atoms with E-state index in [4.69, 9.17) is 9.84 Å². The second-order valence-electron chi connectivity index (χ2n) is 7.56. The maximum absolute atomic E-state index is 5.27. The monoisotopic (exact) mass is 380 g/mol. The van der Waals surface area contributed by atoms with E-state index < -0.39 is 0 Å². The number of rotatable bonds is 6. The fraction of sp³-hybridized carbons (Fsp3) is 0.429. The van der Waals surface area contributed by atoms with E-state index in [2.05, 4.69) is 56.3 Å². The Morgan fingerprint density at radius 3 is 2.71 bits per heavy atom. The molecule has 0 saturated heterocycles. The number of hydrogen-bond donors (Lipinski definition) is 0. The molecule has 7 heteroatoms. The van der Waals surface area contributed by atoms with Gasteiger partial charge in [-0.15, -0.1) is 0 Å². The van der Waals surface area contributed by atoms with Crippen molar-refractivity contribution in [2.45, 2.75) is 32.6 Å². The van der Waals surface area contributed by atoms with E-state index >= 15 is 0 Å². The summed E-state index contributed by atoms with van der Waals surface area (Å²) >= 11 is 0. The molecule has 28 heavy (non-hydrogen) atoms. The number of benzene rings is 1. The molecule has 3 aromatic rings. The van der Waals surface area contributed by atoms with E-state index in [1.807, 2.05) is 24.5 Å². The predicted molar refractivity (Wildman–Crippen MR) is 108 cm³/mol. The van der Waals surface area contributed by atoms with Crippen LogP contribution in [-0.2, 0) is 26.2 Å². The van der Waals surface area contributed by atoms with Crippen LogP contribution in [0.15, 0.2) is 42.7 Å². The summed E-state index contributed by atoms with van der Waals surface area (Å²) in [5, 5.41) is 4.78. The average molecular weight is 380 g/mol. The Labute approximate surface area is 166 Å². The highest BCUT2D eigenvalue weighted by atomic mass is 16.5. The normalized spacial score (nSPS) is 14.9. The smallest absolute Gasteiger partial charge is 0.127 e. The molecule has 0 bridgehead atoms. The number of nitrogens with zero attached hydrogens (tertiary/aromatic N) is 6. The maximum Gasteiger partial charge on any atom is 0.127 e. The lowest BCUT2D eigenvalue weighted by molar-refractivity contribution is 0.253. The van der Waals surface area contributed by atoms with Crippen LogP contribution in [0.4, 0.5) is 0 Å². The van der Waals surface area contributed by atoms with Gasteiger partial charge in [-0.2, -0.15) is 5.10 Å². The van der Waals surface area contributed by atoms with E-state index in [0.717, 1.165) is 62.1 Å². The lowest BCUT2D eigenvalue weighted by atomic mass is 10.3. The van der Waals surface area contributed by atoms with Crippen LogP contribution in [0.2, 0.25) is 0 Å². The van der Waals surface area contributed by atoms with Crippen LogP contribution in [0.5, 0.6) is 5.75 Å². The van der Waals surface area contributed by atoms with Gasteiger partial charge in [0.2, 0.25) is 0 Å². The highest BCUT2D eigenvalue weighted by Crippen LogP contribution is 2.20. The minimum absolute atomic E-state index is 0.813. The molecular weight excluding hydrogens is 352 g/mol. The summed E-state index contributed by atoms with van der Waals surface area (Å²) in [6.07, 6.45) is 4.99. The van der Waals surface area contributed by atoms with Gasteiger partial charge in [0, 0.05) is 44.3 Å². The van der Waals surface area contributed by atoms with Crippen molar-refractivity contribution in [3.63, 3.8) is 0 Å². The number of ether oxygens (including phenoxy) is 1. The standard InChI is InChI=1S/C21H28N6O/c1-24(2)14-17-13-19-15-25(10-4-11-27(19)23-17)16-21-22-9-12-26(21)18-5-7-20(28-3)8-6-18/h5-9,12-13H,4,10-11,14-16H2,1-3H3. The summed E-state index contributed by atoms with van der Waals surface area (Å²) in [6.45, 7) is 4.61. The average Bonchev–Trinajstić information content (AvgIpc) is 3.23. The van der Waals surface area contributed by atoms with Crippen molar-refractivity contribution in [1.82, 2.24) is 29.1 Å². The summed E-state index contributed by atoms with van der Waals surface area (Å²) in [6, 6.07) is 10.3. The van der Waals surface area contributed by atoms with Gasteiger partial charge in [0.25, 0.3) is 0 Å². The summed E-state index contributed by atoms with van der Waals surface area (Å²) in [5.41, 5.74) is 3.53. The zero-order valence-corrected chi connectivity index (χ0v) is 16.9. The number of aryl methyl sites for hydroxylation is 1. The number of methoxy groups -OCH3 is 1. The van der Waals surface area contributed by atoms with Crippen molar-refractivity contribution in [2.75, 3.05) is 27.7 Å². The molecular formula is C21H28N6O. The highest BCUT2D eigenvalue weighted by Gasteiger charge is 2.19. The molecule has 0 N–H and O–H groups in total. The molecule has 0 atom stereocenters. The fourth-order valence-electron chi connectivity index (χ4n) is 3.75. The highest BCUT2D eigenvalue weighted by molar-refractivity contribution is 5.38. The molecule has 4 rings (SSSR count). The molecule has 0 spiro atoms. The van der Waals surface area contributed by atoms with Crippen LogP contribution in [0.1, 0.15) is 23.6 Å². The van der Waals surface area contributed by atoms with Gasteiger partial charge in [0.15, 0.2) is 0 Å². The molecule has 148 valence electrons. The Bertz CT molecular complexity index is 911. The van der Waals surface area contributed by atoms with Crippen LogP contribution < -0.4 is 4.74 Å². The third-order valence-electron chi connectivity index (χ3n) is 5.06. The molecule has 1 aliphatic rings. The molecule has 3 heterocycles. The molecule has 0 fully saturated rings. The first kappa shape index (κ1) is 18.7. The van der Waals surface area contributed by atoms with Crippen molar-refractivity contribution in [2.24, 2.45) is 0 Å².